The van der Waals surface area contributed by atoms with Crippen LogP contribution in [0.15, 0.2) is 30.3 Å². The molecule has 0 radical (unpaired) electrons. The second kappa shape index (κ2) is 4.69. The Morgan fingerprint density at radius 1 is 1.18 bits per heavy atom. The molecule has 2 heteroatoms. The van der Waals surface area contributed by atoms with Crippen LogP contribution in [0.3, 0.4) is 0 Å². The molecule has 0 N–H and O–H groups in total. The maximum absolute atomic E-state index is 6.21. The smallest absolute Gasteiger partial charge is 0.242 e. The summed E-state index contributed by atoms with van der Waals surface area (Å²) >= 11 is 0. The van der Waals surface area contributed by atoms with Crippen LogP contribution < -0.4 is 0 Å². The van der Waals surface area contributed by atoms with Crippen LogP contribution in [0.25, 0.3) is 5.76 Å². The Labute approximate surface area is 106 Å². The van der Waals surface area contributed by atoms with E-state index in [-0.39, 0.29) is 0 Å². The van der Waals surface area contributed by atoms with Crippen molar-refractivity contribution in [2.45, 2.75) is 39.4 Å². The first kappa shape index (κ1) is 12.4. The number of hydrogen-bond acceptors (Lipinski definition) is 1. The van der Waals surface area contributed by atoms with Crippen molar-refractivity contribution in [3.8, 4) is 0 Å². The average molecular weight is 246 g/mol. The first-order valence-electron chi connectivity index (χ1n) is 6.42. The third kappa shape index (κ3) is 4.04. The minimum atomic E-state index is -1.52. The summed E-state index contributed by atoms with van der Waals surface area (Å²) in [6.07, 6.45) is 4.97. The van der Waals surface area contributed by atoms with E-state index in [2.05, 4.69) is 56.9 Å². The van der Waals surface area contributed by atoms with Gasteiger partial charge in [-0.15, -0.1) is 0 Å². The summed E-state index contributed by atoms with van der Waals surface area (Å²) in [5.41, 5.74) is 2.53. The van der Waals surface area contributed by atoms with Crippen LogP contribution in [-0.4, -0.2) is 8.32 Å². The van der Waals surface area contributed by atoms with Crippen LogP contribution in [0.4, 0.5) is 0 Å². The normalized spacial score (nSPS) is 17.1. The van der Waals surface area contributed by atoms with Crippen molar-refractivity contribution in [1.29, 1.82) is 0 Å². The largest absolute Gasteiger partial charge is 0.544 e. The Morgan fingerprint density at radius 2 is 1.76 bits per heavy atom. The van der Waals surface area contributed by atoms with Crippen molar-refractivity contribution in [2.24, 2.45) is 5.92 Å². The van der Waals surface area contributed by atoms with E-state index in [1.165, 1.54) is 24.0 Å². The van der Waals surface area contributed by atoms with E-state index < -0.39 is 8.32 Å². The molecule has 1 saturated carbocycles. The van der Waals surface area contributed by atoms with Gasteiger partial charge in [0.2, 0.25) is 8.32 Å². The van der Waals surface area contributed by atoms with Gasteiger partial charge in [-0.05, 0) is 51.4 Å². The number of hydrogen-bond donors (Lipinski definition) is 0. The topological polar surface area (TPSA) is 9.23 Å². The first-order valence-corrected chi connectivity index (χ1v) is 9.83. The fourth-order valence-electron chi connectivity index (χ4n) is 1.71. The van der Waals surface area contributed by atoms with E-state index in [1.807, 2.05) is 0 Å². The van der Waals surface area contributed by atoms with E-state index in [4.69, 9.17) is 4.43 Å². The average Bonchev–Trinajstić information content (AvgIpc) is 3.00. The predicted octanol–water partition coefficient (Wildman–Crippen LogP) is 4.60. The lowest BCUT2D eigenvalue weighted by Crippen LogP contribution is -2.24. The van der Waals surface area contributed by atoms with E-state index >= 15 is 0 Å². The number of benzene rings is 1. The number of rotatable bonds is 4. The molecule has 0 saturated heterocycles. The van der Waals surface area contributed by atoms with Gasteiger partial charge in [0.15, 0.2) is 0 Å². The lowest BCUT2D eigenvalue weighted by molar-refractivity contribution is 0.511. The second-order valence-corrected chi connectivity index (χ2v) is 10.4. The Kier molecular flexibility index (Phi) is 3.43. The molecule has 0 unspecified atom stereocenters. The molecule has 2 rings (SSSR count). The molecule has 0 atom stereocenters. The maximum atomic E-state index is 6.21. The summed E-state index contributed by atoms with van der Waals surface area (Å²) < 4.78 is 6.21. The highest BCUT2D eigenvalue weighted by Crippen LogP contribution is 2.34. The van der Waals surface area contributed by atoms with Crippen molar-refractivity contribution < 1.29 is 4.43 Å². The molecule has 92 valence electrons. The highest BCUT2D eigenvalue weighted by Gasteiger charge is 2.23. The fraction of sp³-hybridized carbons (Fsp3) is 0.467. The SMILES string of the molecule is Cc1ccc(/C(=C/C2CC2)O[Si](C)(C)C)cc1. The molecule has 0 aliphatic heterocycles. The molecule has 0 spiro atoms. The highest BCUT2D eigenvalue weighted by molar-refractivity contribution is 6.70. The summed E-state index contributed by atoms with van der Waals surface area (Å²) in [5, 5.41) is 0. The molecule has 0 amide bonds. The zero-order valence-corrected chi connectivity index (χ0v) is 12.3. The van der Waals surface area contributed by atoms with Gasteiger partial charge in [-0.3, -0.25) is 0 Å². The molecule has 1 aromatic rings. The van der Waals surface area contributed by atoms with Crippen LogP contribution in [0.2, 0.25) is 19.6 Å². The molecule has 0 aromatic heterocycles. The zero-order chi connectivity index (χ0) is 12.5. The van der Waals surface area contributed by atoms with Crippen molar-refractivity contribution in [1.82, 2.24) is 0 Å². The van der Waals surface area contributed by atoms with Crippen molar-refractivity contribution in [3.05, 3.63) is 41.5 Å². The molecular weight excluding hydrogens is 224 g/mol. The summed E-state index contributed by atoms with van der Waals surface area (Å²) in [4.78, 5) is 0. The lowest BCUT2D eigenvalue weighted by Gasteiger charge is -2.22. The second-order valence-electron chi connectivity index (χ2n) is 5.95. The minimum Gasteiger partial charge on any atom is -0.544 e. The Morgan fingerprint density at radius 3 is 2.24 bits per heavy atom. The molecule has 1 fully saturated rings. The van der Waals surface area contributed by atoms with Gasteiger partial charge in [0.25, 0.3) is 0 Å². The van der Waals surface area contributed by atoms with E-state index in [0.717, 1.165) is 11.7 Å². The third-order valence-corrected chi connectivity index (χ3v) is 3.59. The van der Waals surface area contributed by atoms with Crippen molar-refractivity contribution >= 4 is 14.1 Å². The van der Waals surface area contributed by atoms with Crippen LogP contribution in [0.1, 0.15) is 24.0 Å². The summed E-state index contributed by atoms with van der Waals surface area (Å²) in [5.74, 6) is 1.86. The molecule has 0 bridgehead atoms. The van der Waals surface area contributed by atoms with Gasteiger partial charge in [-0.25, -0.2) is 0 Å². The quantitative estimate of drug-likeness (QED) is 0.557. The van der Waals surface area contributed by atoms with Crippen molar-refractivity contribution in [3.63, 3.8) is 0 Å². The number of aryl methyl sites for hydroxylation is 1. The van der Waals surface area contributed by atoms with E-state index in [9.17, 15) is 0 Å². The minimum absolute atomic E-state index is 0.752. The van der Waals surface area contributed by atoms with Gasteiger partial charge in [0.1, 0.15) is 5.76 Å². The van der Waals surface area contributed by atoms with Gasteiger partial charge in [0.05, 0.1) is 0 Å². The Bertz CT molecular complexity index is 408. The molecule has 1 aliphatic rings. The Balaban J connectivity index is 2.23. The van der Waals surface area contributed by atoms with Gasteiger partial charge in [-0.1, -0.05) is 29.8 Å². The molecule has 1 aromatic carbocycles. The summed E-state index contributed by atoms with van der Waals surface area (Å²) in [6, 6.07) is 8.65. The van der Waals surface area contributed by atoms with E-state index in [0.29, 0.717) is 0 Å². The predicted molar refractivity (Wildman–Crippen MR) is 76.3 cm³/mol. The molecule has 0 heterocycles. The van der Waals surface area contributed by atoms with Crippen LogP contribution in [-0.2, 0) is 4.43 Å². The van der Waals surface area contributed by atoms with Gasteiger partial charge in [-0.2, -0.15) is 0 Å². The maximum Gasteiger partial charge on any atom is 0.242 e. The van der Waals surface area contributed by atoms with Gasteiger partial charge < -0.3 is 4.43 Å². The van der Waals surface area contributed by atoms with Gasteiger partial charge in [0, 0.05) is 5.56 Å². The van der Waals surface area contributed by atoms with Gasteiger partial charge >= 0.3 is 0 Å². The Hall–Kier alpha value is -1.02. The molecule has 1 nitrogen and oxygen atoms in total. The van der Waals surface area contributed by atoms with Crippen molar-refractivity contribution in [2.75, 3.05) is 0 Å². The van der Waals surface area contributed by atoms with Crippen LogP contribution >= 0.6 is 0 Å². The first-order chi connectivity index (χ1) is 7.94. The monoisotopic (exact) mass is 246 g/mol. The number of allylic oxidation sites excluding steroid dienone is 1. The lowest BCUT2D eigenvalue weighted by atomic mass is 10.1. The highest BCUT2D eigenvalue weighted by atomic mass is 28.4. The standard InChI is InChI=1S/C15H22OSi/c1-12-5-9-14(10-6-12)15(11-13-7-8-13)16-17(2,3)4/h5-6,9-11,13H,7-8H2,1-4H3/b15-11-. The van der Waals surface area contributed by atoms with Crippen LogP contribution in [0, 0.1) is 12.8 Å². The van der Waals surface area contributed by atoms with Crippen LogP contribution in [0.5, 0.6) is 0 Å². The molecular formula is C15H22OSi. The molecule has 1 aliphatic carbocycles. The summed E-state index contributed by atoms with van der Waals surface area (Å²) in [7, 11) is -1.52. The zero-order valence-electron chi connectivity index (χ0n) is 11.3. The fourth-order valence-corrected chi connectivity index (χ4v) is 2.56. The molecule has 17 heavy (non-hydrogen) atoms. The third-order valence-electron chi connectivity index (χ3n) is 2.76. The summed E-state index contributed by atoms with van der Waals surface area (Å²) in [6.45, 7) is 8.83. The van der Waals surface area contributed by atoms with E-state index in [1.54, 1.807) is 0 Å².